The van der Waals surface area contributed by atoms with E-state index in [4.69, 9.17) is 0 Å². The summed E-state index contributed by atoms with van der Waals surface area (Å²) in [6, 6.07) is 0. The van der Waals surface area contributed by atoms with Gasteiger partial charge in [-0.1, -0.05) is 0 Å². The average Bonchev–Trinajstić information content (AvgIpc) is 2.30. The summed E-state index contributed by atoms with van der Waals surface area (Å²) in [6.45, 7) is 3.32. The van der Waals surface area contributed by atoms with Crippen LogP contribution < -0.4 is 0 Å². The van der Waals surface area contributed by atoms with E-state index in [2.05, 4.69) is 4.98 Å². The van der Waals surface area contributed by atoms with E-state index in [1.165, 1.54) is 11.3 Å². The fourth-order valence-corrected chi connectivity index (χ4v) is 2.23. The van der Waals surface area contributed by atoms with Gasteiger partial charge in [0.2, 0.25) is 0 Å². The SMILES string of the molecule is CS(=O)c1cnc(C(C)(C)O)s1. The van der Waals surface area contributed by atoms with Crippen LogP contribution in [-0.2, 0) is 16.4 Å². The molecule has 68 valence electrons. The number of hydrogen-bond donors (Lipinski definition) is 1. The lowest BCUT2D eigenvalue weighted by atomic mass is 10.2. The molecule has 1 aromatic heterocycles. The van der Waals surface area contributed by atoms with E-state index >= 15 is 0 Å². The van der Waals surface area contributed by atoms with E-state index in [9.17, 15) is 9.32 Å². The van der Waals surface area contributed by atoms with Crippen LogP contribution in [0.3, 0.4) is 0 Å². The quantitative estimate of drug-likeness (QED) is 0.786. The molecule has 0 aliphatic rings. The van der Waals surface area contributed by atoms with Crippen molar-refractivity contribution < 1.29 is 9.32 Å². The van der Waals surface area contributed by atoms with Gasteiger partial charge in [0.15, 0.2) is 0 Å². The first kappa shape index (κ1) is 9.83. The molecule has 0 aliphatic heterocycles. The molecule has 0 radical (unpaired) electrons. The number of rotatable bonds is 2. The summed E-state index contributed by atoms with van der Waals surface area (Å²) in [5.74, 6) is 0. The van der Waals surface area contributed by atoms with Crippen LogP contribution >= 0.6 is 11.3 Å². The van der Waals surface area contributed by atoms with Crippen molar-refractivity contribution in [3.8, 4) is 0 Å². The van der Waals surface area contributed by atoms with Gasteiger partial charge in [0.1, 0.15) is 14.8 Å². The number of aromatic nitrogens is 1. The van der Waals surface area contributed by atoms with Crippen molar-refractivity contribution in [2.24, 2.45) is 0 Å². The van der Waals surface area contributed by atoms with Crippen LogP contribution in [0.25, 0.3) is 0 Å². The summed E-state index contributed by atoms with van der Waals surface area (Å²) in [5.41, 5.74) is -0.928. The molecular weight excluding hydrogens is 194 g/mol. The van der Waals surface area contributed by atoms with Crippen molar-refractivity contribution in [1.82, 2.24) is 4.98 Å². The van der Waals surface area contributed by atoms with E-state index in [0.29, 0.717) is 9.22 Å². The number of thiazole rings is 1. The van der Waals surface area contributed by atoms with Crippen LogP contribution in [0.2, 0.25) is 0 Å². The normalized spacial score (nSPS) is 14.7. The minimum atomic E-state index is -0.998. The van der Waals surface area contributed by atoms with Crippen molar-refractivity contribution in [3.63, 3.8) is 0 Å². The Bertz CT molecular complexity index is 301. The van der Waals surface area contributed by atoms with Gasteiger partial charge in [-0.3, -0.25) is 4.21 Å². The predicted molar refractivity (Wildman–Crippen MR) is 49.7 cm³/mol. The Hall–Kier alpha value is -0.260. The Labute approximate surface area is 77.9 Å². The minimum Gasteiger partial charge on any atom is -0.383 e. The summed E-state index contributed by atoms with van der Waals surface area (Å²) < 4.78 is 11.7. The van der Waals surface area contributed by atoms with Gasteiger partial charge in [-0.2, -0.15) is 0 Å². The standard InChI is InChI=1S/C7H11NO2S2/c1-7(2,9)6-8-4-5(11-6)12(3)10/h4,9H,1-3H3. The van der Waals surface area contributed by atoms with Crippen molar-refractivity contribution in [2.45, 2.75) is 23.7 Å². The third-order valence-electron chi connectivity index (χ3n) is 1.29. The highest BCUT2D eigenvalue weighted by molar-refractivity contribution is 7.86. The largest absolute Gasteiger partial charge is 0.383 e. The van der Waals surface area contributed by atoms with Crippen LogP contribution in [0.4, 0.5) is 0 Å². The molecule has 0 saturated heterocycles. The Balaban J connectivity index is 3.00. The van der Waals surface area contributed by atoms with Gasteiger partial charge in [0.25, 0.3) is 0 Å². The molecule has 5 heteroatoms. The smallest absolute Gasteiger partial charge is 0.125 e. The molecule has 0 aromatic carbocycles. The highest BCUT2D eigenvalue weighted by atomic mass is 32.2. The molecule has 0 bridgehead atoms. The molecule has 1 atom stereocenters. The van der Waals surface area contributed by atoms with E-state index in [1.54, 1.807) is 26.3 Å². The van der Waals surface area contributed by atoms with Crippen molar-refractivity contribution in [2.75, 3.05) is 6.26 Å². The van der Waals surface area contributed by atoms with E-state index in [-0.39, 0.29) is 0 Å². The van der Waals surface area contributed by atoms with Gasteiger partial charge in [0, 0.05) is 6.26 Å². The molecular formula is C7H11NO2S2. The summed E-state index contributed by atoms with van der Waals surface area (Å²) in [7, 11) is -0.998. The second kappa shape index (κ2) is 3.24. The molecule has 0 spiro atoms. The second-order valence-corrected chi connectivity index (χ2v) is 5.63. The van der Waals surface area contributed by atoms with E-state index in [0.717, 1.165) is 0 Å². The summed E-state index contributed by atoms with van der Waals surface area (Å²) in [4.78, 5) is 3.98. The van der Waals surface area contributed by atoms with Crippen molar-refractivity contribution >= 4 is 22.1 Å². The van der Waals surface area contributed by atoms with Gasteiger partial charge in [0.05, 0.1) is 17.0 Å². The lowest BCUT2D eigenvalue weighted by Crippen LogP contribution is -2.14. The van der Waals surface area contributed by atoms with Crippen LogP contribution in [0.1, 0.15) is 18.9 Å². The zero-order valence-corrected chi connectivity index (χ0v) is 8.83. The number of hydrogen-bond acceptors (Lipinski definition) is 4. The summed E-state index contributed by atoms with van der Waals surface area (Å²) in [5, 5.41) is 10.1. The Kier molecular flexibility index (Phi) is 2.65. The molecule has 0 amide bonds. The monoisotopic (exact) mass is 205 g/mol. The fourth-order valence-electron chi connectivity index (χ4n) is 0.675. The topological polar surface area (TPSA) is 50.2 Å². The van der Waals surface area contributed by atoms with E-state index < -0.39 is 16.4 Å². The Morgan fingerprint density at radius 3 is 2.50 bits per heavy atom. The first-order chi connectivity index (χ1) is 5.41. The predicted octanol–water partition coefficient (Wildman–Crippen LogP) is 1.11. The van der Waals surface area contributed by atoms with Crippen LogP contribution in [0.5, 0.6) is 0 Å². The van der Waals surface area contributed by atoms with Crippen molar-refractivity contribution in [3.05, 3.63) is 11.2 Å². The van der Waals surface area contributed by atoms with Crippen LogP contribution in [-0.4, -0.2) is 20.6 Å². The first-order valence-electron chi connectivity index (χ1n) is 3.43. The highest BCUT2D eigenvalue weighted by Crippen LogP contribution is 2.25. The summed E-state index contributed by atoms with van der Waals surface area (Å²) in [6.07, 6.45) is 3.15. The van der Waals surface area contributed by atoms with Crippen LogP contribution in [0.15, 0.2) is 10.4 Å². The Morgan fingerprint density at radius 2 is 2.25 bits per heavy atom. The zero-order valence-electron chi connectivity index (χ0n) is 7.20. The molecule has 3 nitrogen and oxygen atoms in total. The van der Waals surface area contributed by atoms with Crippen molar-refractivity contribution in [1.29, 1.82) is 0 Å². The second-order valence-electron chi connectivity index (χ2n) is 3.00. The Morgan fingerprint density at radius 1 is 1.67 bits per heavy atom. The molecule has 0 aliphatic carbocycles. The van der Waals surface area contributed by atoms with Gasteiger partial charge >= 0.3 is 0 Å². The van der Waals surface area contributed by atoms with Gasteiger partial charge < -0.3 is 5.11 Å². The third-order valence-corrected chi connectivity index (χ3v) is 4.02. The molecule has 1 rings (SSSR count). The molecule has 0 saturated carbocycles. The molecule has 1 heterocycles. The average molecular weight is 205 g/mol. The first-order valence-corrected chi connectivity index (χ1v) is 5.81. The molecule has 12 heavy (non-hydrogen) atoms. The minimum absolute atomic E-state index is 0.604. The molecule has 0 fully saturated rings. The fraction of sp³-hybridized carbons (Fsp3) is 0.571. The van der Waals surface area contributed by atoms with Gasteiger partial charge in [-0.05, 0) is 13.8 Å². The zero-order chi connectivity index (χ0) is 9.35. The highest BCUT2D eigenvalue weighted by Gasteiger charge is 2.20. The number of aliphatic hydroxyl groups is 1. The number of nitrogens with zero attached hydrogens (tertiary/aromatic N) is 1. The maximum atomic E-state index is 11.0. The van der Waals surface area contributed by atoms with E-state index in [1.807, 2.05) is 0 Å². The van der Waals surface area contributed by atoms with Crippen LogP contribution in [0, 0.1) is 0 Å². The van der Waals surface area contributed by atoms with Gasteiger partial charge in [-0.15, -0.1) is 11.3 Å². The molecule has 1 N–H and O–H groups in total. The lowest BCUT2D eigenvalue weighted by molar-refractivity contribution is 0.0783. The van der Waals surface area contributed by atoms with Gasteiger partial charge in [-0.25, -0.2) is 4.98 Å². The third kappa shape index (κ3) is 2.12. The lowest BCUT2D eigenvalue weighted by Gasteiger charge is -2.11. The maximum Gasteiger partial charge on any atom is 0.125 e. The summed E-state index contributed by atoms with van der Waals surface area (Å²) >= 11 is 1.29. The molecule has 1 unspecified atom stereocenters. The maximum absolute atomic E-state index is 11.0. The molecule has 1 aromatic rings.